The van der Waals surface area contributed by atoms with Gasteiger partial charge in [-0.2, -0.15) is 0 Å². The first kappa shape index (κ1) is 24.5. The van der Waals surface area contributed by atoms with Crippen LogP contribution in [0.4, 0.5) is 9.59 Å². The highest BCUT2D eigenvalue weighted by Crippen LogP contribution is 2.35. The lowest BCUT2D eigenvalue weighted by Gasteiger charge is -2.37. The zero-order chi connectivity index (χ0) is 22.6. The molecule has 1 fully saturated rings. The normalized spacial score (nSPS) is 22.1. The molecular formula is C18H31N3O8. The van der Waals surface area contributed by atoms with Crippen LogP contribution in [0.15, 0.2) is 0 Å². The van der Waals surface area contributed by atoms with Crippen molar-refractivity contribution in [2.45, 2.75) is 64.8 Å². The number of hydrogen-bond acceptors (Lipinski definition) is 7. The molecule has 1 rings (SSSR count). The number of esters is 1. The fourth-order valence-corrected chi connectivity index (χ4v) is 3.03. The molecule has 0 saturated carbocycles. The molecule has 0 bridgehead atoms. The number of nitrogens with zero attached hydrogens (tertiary/aromatic N) is 1. The minimum absolute atomic E-state index is 0.0139. The van der Waals surface area contributed by atoms with E-state index in [1.807, 2.05) is 0 Å². The molecule has 0 spiro atoms. The zero-order valence-corrected chi connectivity index (χ0v) is 17.7. The summed E-state index contributed by atoms with van der Waals surface area (Å²) >= 11 is 0. The van der Waals surface area contributed by atoms with Crippen molar-refractivity contribution in [1.29, 1.82) is 0 Å². The number of rotatable bonds is 6. The van der Waals surface area contributed by atoms with E-state index in [4.69, 9.17) is 9.47 Å². The minimum atomic E-state index is -2.20. The Hall–Kier alpha value is -2.56. The molecule has 0 aromatic rings. The number of carboxylic acids is 1. The molecule has 2 atom stereocenters. The number of nitrogens with one attached hydrogen (secondary N) is 2. The van der Waals surface area contributed by atoms with Gasteiger partial charge in [-0.25, -0.2) is 14.4 Å². The molecule has 0 radical (unpaired) electrons. The second kappa shape index (κ2) is 8.85. The van der Waals surface area contributed by atoms with Gasteiger partial charge in [0.05, 0.1) is 0 Å². The highest BCUT2D eigenvalue weighted by Gasteiger charge is 2.60. The summed E-state index contributed by atoms with van der Waals surface area (Å²) in [6.07, 6.45) is -2.19. The number of alkyl carbamates (subject to hydrolysis) is 1. The molecule has 29 heavy (non-hydrogen) atoms. The summed E-state index contributed by atoms with van der Waals surface area (Å²) in [6.45, 7) is 9.67. The molecule has 1 saturated heterocycles. The molecule has 11 heteroatoms. The number of amides is 2. The Morgan fingerprint density at radius 3 is 2.00 bits per heavy atom. The van der Waals surface area contributed by atoms with Gasteiger partial charge in [0.1, 0.15) is 17.1 Å². The van der Waals surface area contributed by atoms with Crippen LogP contribution < -0.4 is 10.6 Å². The van der Waals surface area contributed by atoms with E-state index in [-0.39, 0.29) is 26.1 Å². The average Bonchev–Trinajstić information content (AvgIpc) is 2.89. The molecular weight excluding hydrogens is 386 g/mol. The van der Waals surface area contributed by atoms with Gasteiger partial charge < -0.3 is 25.0 Å². The maximum atomic E-state index is 12.6. The molecule has 0 aliphatic carbocycles. The number of carboxylic acid groups (broad SMARTS) is 2. The molecule has 2 unspecified atom stereocenters. The van der Waals surface area contributed by atoms with Crippen LogP contribution in [0.5, 0.6) is 0 Å². The van der Waals surface area contributed by atoms with E-state index in [0.29, 0.717) is 4.90 Å². The summed E-state index contributed by atoms with van der Waals surface area (Å²) in [7, 11) is 0. The molecule has 1 aliphatic heterocycles. The Morgan fingerprint density at radius 1 is 1.00 bits per heavy atom. The number of carbonyl (C=O) groups is 4. The van der Waals surface area contributed by atoms with Crippen LogP contribution in [0.1, 0.15) is 48.0 Å². The maximum Gasteiger partial charge on any atom is 0.409 e. The average molecular weight is 417 g/mol. The zero-order valence-electron chi connectivity index (χ0n) is 17.7. The second-order valence-corrected chi connectivity index (χ2v) is 8.74. The smallest absolute Gasteiger partial charge is 0.409 e. The first-order valence-electron chi connectivity index (χ1n) is 9.29. The number of likely N-dealkylation sites (tertiary alicyclic amines) is 1. The van der Waals surface area contributed by atoms with Gasteiger partial charge in [0.2, 0.25) is 5.66 Å². The Labute approximate surface area is 169 Å². The number of ether oxygens (including phenoxy) is 2. The highest BCUT2D eigenvalue weighted by atomic mass is 16.6. The summed E-state index contributed by atoms with van der Waals surface area (Å²) in [5.74, 6) is -3.58. The van der Waals surface area contributed by atoms with Gasteiger partial charge in [0, 0.05) is 19.6 Å². The maximum absolute atomic E-state index is 12.6. The van der Waals surface area contributed by atoms with E-state index in [9.17, 15) is 29.4 Å². The van der Waals surface area contributed by atoms with Crippen molar-refractivity contribution in [3.05, 3.63) is 0 Å². The van der Waals surface area contributed by atoms with E-state index in [1.165, 1.54) is 0 Å². The minimum Gasteiger partial charge on any atom is -0.478 e. The second-order valence-electron chi connectivity index (χ2n) is 8.74. The molecule has 11 nitrogen and oxygen atoms in total. The van der Waals surface area contributed by atoms with Crippen LogP contribution in [0, 0.1) is 5.92 Å². The summed E-state index contributed by atoms with van der Waals surface area (Å²) in [6, 6.07) is 0. The van der Waals surface area contributed by atoms with E-state index < -0.39 is 46.9 Å². The first-order chi connectivity index (χ1) is 13.1. The monoisotopic (exact) mass is 417 g/mol. The third kappa shape index (κ3) is 6.48. The molecule has 4 N–H and O–H groups in total. The van der Waals surface area contributed by atoms with E-state index in [2.05, 4.69) is 10.6 Å². The van der Waals surface area contributed by atoms with Crippen molar-refractivity contribution < 1.29 is 38.9 Å². The Balaban J connectivity index is 2.97. The van der Waals surface area contributed by atoms with Gasteiger partial charge in [-0.05, 0) is 48.0 Å². The van der Waals surface area contributed by atoms with Gasteiger partial charge in [-0.3, -0.25) is 15.0 Å². The molecule has 2 amide bonds. The lowest BCUT2D eigenvalue weighted by Crippen LogP contribution is -2.67. The molecule has 166 valence electrons. The number of hydrogen-bond donors (Lipinski definition) is 4. The topological polar surface area (TPSA) is 154 Å². The van der Waals surface area contributed by atoms with E-state index in [0.717, 1.165) is 0 Å². The van der Waals surface area contributed by atoms with Crippen LogP contribution in [0.3, 0.4) is 0 Å². The van der Waals surface area contributed by atoms with Gasteiger partial charge >= 0.3 is 24.1 Å². The van der Waals surface area contributed by atoms with Crippen molar-refractivity contribution in [3.8, 4) is 0 Å². The van der Waals surface area contributed by atoms with Gasteiger partial charge in [0.15, 0.2) is 0 Å². The third-order valence-electron chi connectivity index (χ3n) is 4.01. The summed E-state index contributed by atoms with van der Waals surface area (Å²) < 4.78 is 10.4. The van der Waals surface area contributed by atoms with Gasteiger partial charge in [-0.15, -0.1) is 0 Å². The van der Waals surface area contributed by atoms with Gasteiger partial charge in [0.25, 0.3) is 0 Å². The molecule has 0 aromatic carbocycles. The highest BCUT2D eigenvalue weighted by molar-refractivity contribution is 5.91. The summed E-state index contributed by atoms with van der Waals surface area (Å²) in [5, 5.41) is 24.4. The van der Waals surface area contributed by atoms with Crippen molar-refractivity contribution in [3.63, 3.8) is 0 Å². The van der Waals surface area contributed by atoms with Crippen LogP contribution in [-0.4, -0.2) is 75.7 Å². The number of aliphatic carboxylic acids is 1. The van der Waals surface area contributed by atoms with E-state index in [1.54, 1.807) is 41.5 Å². The van der Waals surface area contributed by atoms with Crippen LogP contribution in [0.2, 0.25) is 0 Å². The SMILES string of the molecule is CC(C)(C)OC(=O)NCCNC1(C(=O)O)C(C(=O)OC(C)(C)C)CCN1C(=O)O. The molecule has 0 aromatic heterocycles. The quantitative estimate of drug-likeness (QED) is 0.369. The van der Waals surface area contributed by atoms with Crippen LogP contribution >= 0.6 is 0 Å². The fraction of sp³-hybridized carbons (Fsp3) is 0.778. The summed E-state index contributed by atoms with van der Waals surface area (Å²) in [4.78, 5) is 48.8. The summed E-state index contributed by atoms with van der Waals surface area (Å²) in [5.41, 5.74) is -3.77. The van der Waals surface area contributed by atoms with Crippen molar-refractivity contribution >= 4 is 24.1 Å². The Morgan fingerprint density at radius 2 is 1.55 bits per heavy atom. The van der Waals surface area contributed by atoms with Crippen molar-refractivity contribution in [1.82, 2.24) is 15.5 Å². The lowest BCUT2D eigenvalue weighted by molar-refractivity contribution is -0.172. The van der Waals surface area contributed by atoms with Crippen LogP contribution in [-0.2, 0) is 19.1 Å². The fourth-order valence-electron chi connectivity index (χ4n) is 3.03. The molecule has 1 heterocycles. The lowest BCUT2D eigenvalue weighted by atomic mass is 9.92. The predicted octanol–water partition coefficient (Wildman–Crippen LogP) is 1.22. The van der Waals surface area contributed by atoms with Crippen LogP contribution in [0.25, 0.3) is 0 Å². The Bertz CT molecular complexity index is 652. The molecule has 1 aliphatic rings. The standard InChI is InChI=1S/C18H31N3O8/c1-16(2,3)28-12(22)11-7-10-21(15(26)27)18(11,13(23)24)20-9-8-19-14(25)29-17(4,5)6/h11,20H,7-10H2,1-6H3,(H,19,25)(H,23,24)(H,26,27). The van der Waals surface area contributed by atoms with E-state index >= 15 is 0 Å². The first-order valence-corrected chi connectivity index (χ1v) is 9.29. The van der Waals surface area contributed by atoms with Crippen molar-refractivity contribution in [2.24, 2.45) is 5.92 Å². The third-order valence-corrected chi connectivity index (χ3v) is 4.01. The Kier molecular flexibility index (Phi) is 7.47. The number of carbonyl (C=O) groups excluding carboxylic acids is 2. The predicted molar refractivity (Wildman–Crippen MR) is 101 cm³/mol. The largest absolute Gasteiger partial charge is 0.478 e. The van der Waals surface area contributed by atoms with Crippen molar-refractivity contribution in [2.75, 3.05) is 19.6 Å². The van der Waals surface area contributed by atoms with Gasteiger partial charge in [-0.1, -0.05) is 0 Å².